The molecule has 1 aliphatic heterocycles. The van der Waals surface area contributed by atoms with Gasteiger partial charge in [-0.1, -0.05) is 41.6 Å². The Kier molecular flexibility index (Phi) is 7.60. The summed E-state index contributed by atoms with van der Waals surface area (Å²) in [5, 5.41) is 9.61. The van der Waals surface area contributed by atoms with E-state index in [1.54, 1.807) is 24.0 Å². The molecular weight excluding hydrogens is 505 g/mol. The molecule has 1 aliphatic rings. The lowest BCUT2D eigenvalue weighted by atomic mass is 9.98. The van der Waals surface area contributed by atoms with Gasteiger partial charge in [0, 0.05) is 24.0 Å². The van der Waals surface area contributed by atoms with Gasteiger partial charge in [0.05, 0.1) is 29.8 Å². The molecule has 8 nitrogen and oxygen atoms in total. The SMILES string of the molecule is CCOC(=O)C1CCCN(C(=O)C(C)Sc2nnc3c4cc(C)ccc4n(Cc4ccccc4F)c3n2)C1. The number of thioether (sulfide) groups is 1. The number of carbonyl (C=O) groups is 2. The van der Waals surface area contributed by atoms with Gasteiger partial charge in [0.15, 0.2) is 5.65 Å². The number of hydrogen-bond acceptors (Lipinski definition) is 7. The number of ether oxygens (including phenoxy) is 1. The zero-order valence-corrected chi connectivity index (χ0v) is 22.5. The molecule has 38 heavy (non-hydrogen) atoms. The summed E-state index contributed by atoms with van der Waals surface area (Å²) in [4.78, 5) is 32.0. The summed E-state index contributed by atoms with van der Waals surface area (Å²) in [5.74, 6) is -0.902. The molecule has 2 unspecified atom stereocenters. The first-order valence-electron chi connectivity index (χ1n) is 12.8. The number of benzene rings is 2. The zero-order valence-electron chi connectivity index (χ0n) is 21.7. The first-order valence-corrected chi connectivity index (χ1v) is 13.7. The number of halogens is 1. The Morgan fingerprint density at radius 3 is 2.82 bits per heavy atom. The molecule has 0 saturated carbocycles. The van der Waals surface area contributed by atoms with Crippen LogP contribution in [0.5, 0.6) is 0 Å². The third-order valence-corrected chi connectivity index (χ3v) is 7.81. The van der Waals surface area contributed by atoms with Crippen molar-refractivity contribution in [3.63, 3.8) is 0 Å². The molecule has 0 spiro atoms. The van der Waals surface area contributed by atoms with Gasteiger partial charge in [-0.2, -0.15) is 0 Å². The maximum Gasteiger partial charge on any atom is 0.310 e. The molecule has 2 aromatic carbocycles. The molecule has 2 aromatic heterocycles. The largest absolute Gasteiger partial charge is 0.466 e. The van der Waals surface area contributed by atoms with Gasteiger partial charge in [-0.15, -0.1) is 10.2 Å². The van der Waals surface area contributed by atoms with E-state index >= 15 is 0 Å². The van der Waals surface area contributed by atoms with E-state index < -0.39 is 5.25 Å². The Bertz CT molecular complexity index is 1510. The number of amides is 1. The van der Waals surface area contributed by atoms with Crippen LogP contribution in [0.3, 0.4) is 0 Å². The lowest BCUT2D eigenvalue weighted by molar-refractivity contribution is -0.151. The topological polar surface area (TPSA) is 90.2 Å². The van der Waals surface area contributed by atoms with E-state index in [4.69, 9.17) is 9.72 Å². The second kappa shape index (κ2) is 11.1. The average Bonchev–Trinajstić information content (AvgIpc) is 3.21. The van der Waals surface area contributed by atoms with Crippen molar-refractivity contribution in [2.24, 2.45) is 5.92 Å². The van der Waals surface area contributed by atoms with Gasteiger partial charge in [0.2, 0.25) is 11.1 Å². The number of carbonyl (C=O) groups excluding carboxylic acids is 2. The first-order chi connectivity index (χ1) is 18.4. The van der Waals surface area contributed by atoms with Crippen molar-refractivity contribution in [1.82, 2.24) is 24.6 Å². The highest BCUT2D eigenvalue weighted by molar-refractivity contribution is 8.00. The summed E-state index contributed by atoms with van der Waals surface area (Å²) < 4.78 is 21.7. The third kappa shape index (κ3) is 5.22. The van der Waals surface area contributed by atoms with Crippen LogP contribution in [0, 0.1) is 18.7 Å². The number of aromatic nitrogens is 4. The predicted molar refractivity (Wildman–Crippen MR) is 144 cm³/mol. The standard InChI is InChI=1S/C28H30FN5O3S/c1-4-37-27(36)20-9-7-13-33(15-20)26(35)18(3)38-28-30-25-24(31-32-28)21-14-17(2)11-12-23(21)34(25)16-19-8-5-6-10-22(19)29/h5-6,8,10-12,14,18,20H,4,7,9,13,15-16H2,1-3H3. The van der Waals surface area contributed by atoms with Crippen molar-refractivity contribution >= 4 is 45.7 Å². The second-order valence-electron chi connectivity index (χ2n) is 9.60. The number of nitrogens with zero attached hydrogens (tertiary/aromatic N) is 5. The van der Waals surface area contributed by atoms with Crippen LogP contribution >= 0.6 is 11.8 Å². The number of aryl methyl sites for hydroxylation is 1. The lowest BCUT2D eigenvalue weighted by Gasteiger charge is -2.33. The number of hydrogen-bond donors (Lipinski definition) is 0. The van der Waals surface area contributed by atoms with Crippen molar-refractivity contribution in [2.45, 2.75) is 50.6 Å². The maximum atomic E-state index is 14.5. The van der Waals surface area contributed by atoms with Gasteiger partial charge in [-0.25, -0.2) is 9.37 Å². The zero-order chi connectivity index (χ0) is 26.8. The smallest absolute Gasteiger partial charge is 0.310 e. The number of fused-ring (bicyclic) bond motifs is 3. The highest BCUT2D eigenvalue weighted by Crippen LogP contribution is 2.31. The highest BCUT2D eigenvalue weighted by atomic mass is 32.2. The van der Waals surface area contributed by atoms with E-state index in [1.165, 1.54) is 17.8 Å². The Morgan fingerprint density at radius 2 is 2.03 bits per heavy atom. The highest BCUT2D eigenvalue weighted by Gasteiger charge is 2.32. The van der Waals surface area contributed by atoms with E-state index in [-0.39, 0.29) is 30.2 Å². The molecule has 10 heteroatoms. The Morgan fingerprint density at radius 1 is 1.21 bits per heavy atom. The summed E-state index contributed by atoms with van der Waals surface area (Å²) in [5.41, 5.74) is 3.73. The normalized spacial score (nSPS) is 16.6. The van der Waals surface area contributed by atoms with Crippen molar-refractivity contribution in [2.75, 3.05) is 19.7 Å². The Hall–Kier alpha value is -3.53. The molecule has 5 rings (SSSR count). The molecule has 4 aromatic rings. The first kappa shape index (κ1) is 26.1. The summed E-state index contributed by atoms with van der Waals surface area (Å²) in [6.45, 7) is 7.18. The van der Waals surface area contributed by atoms with E-state index in [9.17, 15) is 14.0 Å². The van der Waals surface area contributed by atoms with Gasteiger partial charge in [-0.3, -0.25) is 9.59 Å². The average molecular weight is 536 g/mol. The number of esters is 1. The van der Waals surface area contributed by atoms with Gasteiger partial charge in [0.25, 0.3) is 0 Å². The van der Waals surface area contributed by atoms with Gasteiger partial charge in [0.1, 0.15) is 11.3 Å². The fourth-order valence-electron chi connectivity index (χ4n) is 4.96. The minimum absolute atomic E-state index is 0.0739. The maximum absolute atomic E-state index is 14.5. The summed E-state index contributed by atoms with van der Waals surface area (Å²) in [6.07, 6.45) is 1.48. The Labute approximate surface area is 224 Å². The van der Waals surface area contributed by atoms with Crippen LogP contribution in [0.25, 0.3) is 22.1 Å². The van der Waals surface area contributed by atoms with E-state index in [0.717, 1.165) is 29.3 Å². The molecule has 0 N–H and O–H groups in total. The molecule has 3 heterocycles. The van der Waals surface area contributed by atoms with Gasteiger partial charge < -0.3 is 14.2 Å². The summed E-state index contributed by atoms with van der Waals surface area (Å²) >= 11 is 1.23. The minimum atomic E-state index is -0.471. The number of piperidine rings is 1. The fourth-order valence-corrected chi connectivity index (χ4v) is 5.75. The molecule has 1 saturated heterocycles. The molecule has 0 aliphatic carbocycles. The van der Waals surface area contributed by atoms with Crippen molar-refractivity contribution in [1.29, 1.82) is 0 Å². The quantitative estimate of drug-likeness (QED) is 0.249. The summed E-state index contributed by atoms with van der Waals surface area (Å²) in [7, 11) is 0. The van der Waals surface area contributed by atoms with E-state index in [0.29, 0.717) is 41.6 Å². The molecule has 0 radical (unpaired) electrons. The van der Waals surface area contributed by atoms with Crippen LogP contribution in [-0.4, -0.2) is 61.5 Å². The van der Waals surface area contributed by atoms with E-state index in [2.05, 4.69) is 10.2 Å². The number of likely N-dealkylation sites (tertiary alicyclic amines) is 1. The van der Waals surface area contributed by atoms with Crippen LogP contribution in [0.15, 0.2) is 47.6 Å². The summed E-state index contributed by atoms with van der Waals surface area (Å²) in [6, 6.07) is 12.7. The molecule has 0 bridgehead atoms. The van der Waals surface area contributed by atoms with Crippen LogP contribution in [0.4, 0.5) is 4.39 Å². The van der Waals surface area contributed by atoms with Crippen LogP contribution < -0.4 is 0 Å². The predicted octanol–water partition coefficient (Wildman–Crippen LogP) is 4.76. The van der Waals surface area contributed by atoms with Crippen molar-refractivity contribution in [3.8, 4) is 0 Å². The minimum Gasteiger partial charge on any atom is -0.466 e. The van der Waals surface area contributed by atoms with Crippen LogP contribution in [0.2, 0.25) is 0 Å². The fraction of sp³-hybridized carbons (Fsp3) is 0.393. The molecular formula is C28H30FN5O3S. The van der Waals surface area contributed by atoms with Gasteiger partial charge in [-0.05, 0) is 51.8 Å². The van der Waals surface area contributed by atoms with Crippen molar-refractivity contribution < 1.29 is 18.7 Å². The van der Waals surface area contributed by atoms with E-state index in [1.807, 2.05) is 42.7 Å². The molecule has 2 atom stereocenters. The third-order valence-electron chi connectivity index (χ3n) is 6.87. The van der Waals surface area contributed by atoms with Crippen LogP contribution in [0.1, 0.15) is 37.8 Å². The molecule has 1 fully saturated rings. The second-order valence-corrected chi connectivity index (χ2v) is 10.9. The van der Waals surface area contributed by atoms with Crippen molar-refractivity contribution in [3.05, 3.63) is 59.4 Å². The number of rotatable bonds is 7. The Balaban J connectivity index is 1.42. The molecule has 1 amide bonds. The van der Waals surface area contributed by atoms with Gasteiger partial charge >= 0.3 is 5.97 Å². The monoisotopic (exact) mass is 535 g/mol. The molecule has 198 valence electrons. The lowest BCUT2D eigenvalue weighted by Crippen LogP contribution is -2.45. The van der Waals surface area contributed by atoms with Crippen LogP contribution in [-0.2, 0) is 20.9 Å².